The molecule has 0 saturated carbocycles. The number of likely N-dealkylation sites (tertiary alicyclic amines) is 2. The van der Waals surface area contributed by atoms with Gasteiger partial charge in [-0.3, -0.25) is 14.4 Å². The zero-order valence-electron chi connectivity index (χ0n) is 16.7. The number of nitrogens with zero attached hydrogens (tertiary/aromatic N) is 4. The Bertz CT molecular complexity index is 591. The van der Waals surface area contributed by atoms with Gasteiger partial charge in [-0.2, -0.15) is 5.10 Å². The maximum absolute atomic E-state index is 12.6. The summed E-state index contributed by atoms with van der Waals surface area (Å²) in [6, 6.07) is 2.77. The van der Waals surface area contributed by atoms with Crippen molar-refractivity contribution in [1.29, 1.82) is 0 Å². The minimum atomic E-state index is 0.164. The van der Waals surface area contributed by atoms with Gasteiger partial charge < -0.3 is 10.2 Å². The fraction of sp³-hybridized carbons (Fsp3) is 0.800. The van der Waals surface area contributed by atoms with Crippen LogP contribution in [0.15, 0.2) is 6.07 Å². The van der Waals surface area contributed by atoms with E-state index in [1.165, 1.54) is 31.6 Å². The summed E-state index contributed by atoms with van der Waals surface area (Å²) in [7, 11) is 2.20. The summed E-state index contributed by atoms with van der Waals surface area (Å²) in [6.07, 6.45) is 5.60. The third-order valence-corrected chi connectivity index (χ3v) is 5.98. The Balaban J connectivity index is 1.39. The molecule has 3 rings (SSSR count). The second-order valence-electron chi connectivity index (χ2n) is 8.16. The van der Waals surface area contributed by atoms with Gasteiger partial charge in [0, 0.05) is 31.4 Å². The number of nitrogens with one attached hydrogen (secondary N) is 1. The summed E-state index contributed by atoms with van der Waals surface area (Å²) in [6.45, 7) is 10.2. The Morgan fingerprint density at radius 1 is 1.23 bits per heavy atom. The van der Waals surface area contributed by atoms with E-state index in [0.29, 0.717) is 6.04 Å². The lowest BCUT2D eigenvalue weighted by molar-refractivity contribution is -0.127. The highest BCUT2D eigenvalue weighted by Crippen LogP contribution is 2.23. The largest absolute Gasteiger partial charge is 0.356 e. The molecule has 146 valence electrons. The van der Waals surface area contributed by atoms with Crippen LogP contribution in [-0.4, -0.2) is 71.3 Å². The van der Waals surface area contributed by atoms with Gasteiger partial charge in [0.05, 0.1) is 11.6 Å². The van der Waals surface area contributed by atoms with Crippen LogP contribution in [0.2, 0.25) is 0 Å². The van der Waals surface area contributed by atoms with Gasteiger partial charge in [-0.25, -0.2) is 0 Å². The first-order chi connectivity index (χ1) is 12.5. The zero-order valence-corrected chi connectivity index (χ0v) is 16.7. The van der Waals surface area contributed by atoms with Crippen molar-refractivity contribution in [2.45, 2.75) is 58.5 Å². The average molecular weight is 362 g/mol. The first kappa shape index (κ1) is 19.4. The number of aromatic nitrogens is 2. The minimum Gasteiger partial charge on any atom is -0.356 e. The first-order valence-corrected chi connectivity index (χ1v) is 10.2. The minimum absolute atomic E-state index is 0.164. The maximum atomic E-state index is 12.6. The van der Waals surface area contributed by atoms with Crippen molar-refractivity contribution in [3.63, 3.8) is 0 Å². The normalized spacial score (nSPS) is 23.3. The number of carbonyl (C=O) groups is 1. The summed E-state index contributed by atoms with van der Waals surface area (Å²) < 4.78 is 2.03. The molecular weight excluding hydrogens is 326 g/mol. The first-order valence-electron chi connectivity index (χ1n) is 10.2. The van der Waals surface area contributed by atoms with Crippen LogP contribution in [0.5, 0.6) is 0 Å². The third kappa shape index (κ3) is 5.07. The van der Waals surface area contributed by atoms with E-state index in [0.717, 1.165) is 51.1 Å². The van der Waals surface area contributed by atoms with Gasteiger partial charge in [-0.1, -0.05) is 0 Å². The highest BCUT2D eigenvalue weighted by atomic mass is 16.1. The van der Waals surface area contributed by atoms with Crippen molar-refractivity contribution in [2.75, 3.05) is 39.8 Å². The molecule has 3 heterocycles. The Morgan fingerprint density at radius 2 is 2.00 bits per heavy atom. The Hall–Kier alpha value is -1.40. The van der Waals surface area contributed by atoms with Gasteiger partial charge in [0.15, 0.2) is 0 Å². The SMILES string of the molecule is Cc1cc(C)n(CCCNC(=O)[C@H]2CCCN(C3CCN(C)CC3)C2)n1. The van der Waals surface area contributed by atoms with E-state index in [1.54, 1.807) is 0 Å². The number of aryl methyl sites for hydroxylation is 3. The summed E-state index contributed by atoms with van der Waals surface area (Å²) >= 11 is 0. The topological polar surface area (TPSA) is 53.4 Å². The second-order valence-corrected chi connectivity index (χ2v) is 8.16. The number of rotatable bonds is 6. The molecule has 2 fully saturated rings. The predicted octanol–water partition coefficient (Wildman–Crippen LogP) is 1.81. The second kappa shape index (κ2) is 9.00. The van der Waals surface area contributed by atoms with Gasteiger partial charge in [0.25, 0.3) is 0 Å². The molecule has 1 amide bonds. The fourth-order valence-electron chi connectivity index (χ4n) is 4.40. The smallest absolute Gasteiger partial charge is 0.224 e. The molecule has 1 N–H and O–H groups in total. The summed E-state index contributed by atoms with van der Waals surface area (Å²) in [5.74, 6) is 0.410. The molecule has 0 spiro atoms. The van der Waals surface area contributed by atoms with Crippen LogP contribution in [0.4, 0.5) is 0 Å². The summed E-state index contributed by atoms with van der Waals surface area (Å²) in [5.41, 5.74) is 2.25. The zero-order chi connectivity index (χ0) is 18.5. The van der Waals surface area contributed by atoms with Crippen LogP contribution < -0.4 is 5.32 Å². The van der Waals surface area contributed by atoms with Crippen LogP contribution >= 0.6 is 0 Å². The Morgan fingerprint density at radius 3 is 2.69 bits per heavy atom. The molecule has 2 aliphatic heterocycles. The fourth-order valence-corrected chi connectivity index (χ4v) is 4.40. The Kier molecular flexibility index (Phi) is 6.70. The monoisotopic (exact) mass is 361 g/mol. The van der Waals surface area contributed by atoms with Gasteiger partial charge in [0.1, 0.15) is 0 Å². The van der Waals surface area contributed by atoms with Gasteiger partial charge in [0.2, 0.25) is 5.91 Å². The van der Waals surface area contributed by atoms with Crippen molar-refractivity contribution in [1.82, 2.24) is 24.9 Å². The lowest BCUT2D eigenvalue weighted by atomic mass is 9.93. The van der Waals surface area contributed by atoms with E-state index in [4.69, 9.17) is 0 Å². The van der Waals surface area contributed by atoms with Crippen LogP contribution in [-0.2, 0) is 11.3 Å². The Labute approximate surface area is 157 Å². The molecule has 1 atom stereocenters. The highest BCUT2D eigenvalue weighted by Gasteiger charge is 2.30. The molecular formula is C20H35N5O. The van der Waals surface area contributed by atoms with Crippen molar-refractivity contribution in [3.05, 3.63) is 17.5 Å². The van der Waals surface area contributed by atoms with Crippen LogP contribution in [0.3, 0.4) is 0 Å². The van der Waals surface area contributed by atoms with Gasteiger partial charge in [-0.05, 0) is 78.7 Å². The van der Waals surface area contributed by atoms with Crippen molar-refractivity contribution >= 4 is 5.91 Å². The molecule has 0 aromatic carbocycles. The molecule has 6 nitrogen and oxygen atoms in total. The van der Waals surface area contributed by atoms with E-state index in [1.807, 2.05) is 11.6 Å². The van der Waals surface area contributed by atoms with E-state index >= 15 is 0 Å². The standard InChI is InChI=1S/C20H35N5O/c1-16-14-17(2)25(22-16)11-5-9-21-20(26)18-6-4-10-24(15-18)19-7-12-23(3)13-8-19/h14,18-19H,4-13,15H2,1-3H3,(H,21,26)/t18-/m0/s1. The predicted molar refractivity (Wildman–Crippen MR) is 104 cm³/mol. The van der Waals surface area contributed by atoms with Crippen LogP contribution in [0.25, 0.3) is 0 Å². The molecule has 1 aromatic rings. The van der Waals surface area contributed by atoms with E-state index in [9.17, 15) is 4.79 Å². The van der Waals surface area contributed by atoms with E-state index in [-0.39, 0.29) is 11.8 Å². The van der Waals surface area contributed by atoms with Crippen molar-refractivity contribution < 1.29 is 4.79 Å². The summed E-state index contributed by atoms with van der Waals surface area (Å²) in [5, 5.41) is 7.64. The molecule has 6 heteroatoms. The van der Waals surface area contributed by atoms with Gasteiger partial charge >= 0.3 is 0 Å². The molecule has 2 saturated heterocycles. The van der Waals surface area contributed by atoms with E-state index in [2.05, 4.69) is 40.3 Å². The number of carbonyl (C=O) groups excluding carboxylic acids is 1. The summed E-state index contributed by atoms with van der Waals surface area (Å²) in [4.78, 5) is 17.6. The molecule has 1 aromatic heterocycles. The highest BCUT2D eigenvalue weighted by molar-refractivity contribution is 5.78. The van der Waals surface area contributed by atoms with Gasteiger partial charge in [-0.15, -0.1) is 0 Å². The van der Waals surface area contributed by atoms with Crippen LogP contribution in [0, 0.1) is 19.8 Å². The average Bonchev–Trinajstić information content (AvgIpc) is 2.96. The van der Waals surface area contributed by atoms with Crippen LogP contribution in [0.1, 0.15) is 43.5 Å². The van der Waals surface area contributed by atoms with E-state index < -0.39 is 0 Å². The molecule has 26 heavy (non-hydrogen) atoms. The maximum Gasteiger partial charge on any atom is 0.224 e. The number of hydrogen-bond acceptors (Lipinski definition) is 4. The third-order valence-electron chi connectivity index (χ3n) is 5.98. The van der Waals surface area contributed by atoms with Crippen molar-refractivity contribution in [2.24, 2.45) is 5.92 Å². The molecule has 0 radical (unpaired) electrons. The molecule has 2 aliphatic rings. The molecule has 0 unspecified atom stereocenters. The van der Waals surface area contributed by atoms with Crippen molar-refractivity contribution in [3.8, 4) is 0 Å². The number of hydrogen-bond donors (Lipinski definition) is 1. The quantitative estimate of drug-likeness (QED) is 0.785. The number of piperidine rings is 2. The number of amides is 1. The lowest BCUT2D eigenvalue weighted by Crippen LogP contribution is -2.50. The molecule has 0 aliphatic carbocycles. The lowest BCUT2D eigenvalue weighted by Gasteiger charge is -2.41. The molecule has 0 bridgehead atoms.